The number of fused-ring (bicyclic) bond motifs is 6. The maximum atomic E-state index is 13.2. The molecule has 0 amide bonds. The minimum atomic E-state index is -0.623. The van der Waals surface area contributed by atoms with Gasteiger partial charge in [0.25, 0.3) is 5.56 Å². The Morgan fingerprint density at radius 3 is 2.79 bits per heavy atom. The van der Waals surface area contributed by atoms with E-state index in [1.807, 2.05) is 67.0 Å². The van der Waals surface area contributed by atoms with Crippen LogP contribution in [0.1, 0.15) is 37.4 Å². The number of nitrogens with zero attached hydrogens (tertiary/aromatic N) is 2. The zero-order valence-electron chi connectivity index (χ0n) is 15.8. The van der Waals surface area contributed by atoms with E-state index in [1.165, 1.54) is 11.3 Å². The minimum Gasteiger partial charge on any atom is -0.466 e. The van der Waals surface area contributed by atoms with Crippen LogP contribution in [-0.4, -0.2) is 10.3 Å². The Bertz CT molecular complexity index is 1270. The molecule has 0 N–H and O–H groups in total. The third-order valence-corrected chi connectivity index (χ3v) is 6.20. The molecular formula is C23H20N2O2S. The van der Waals surface area contributed by atoms with Gasteiger partial charge in [-0.15, -0.1) is 0 Å². The molecule has 3 aromatic rings. The van der Waals surface area contributed by atoms with E-state index in [1.54, 1.807) is 0 Å². The first kappa shape index (κ1) is 17.2. The first-order chi connectivity index (χ1) is 13.5. The lowest BCUT2D eigenvalue weighted by molar-refractivity contribution is 0.0410. The average molecular weight is 388 g/mol. The number of hydrogen-bond donors (Lipinski definition) is 0. The minimum absolute atomic E-state index is 0.0216. The molecule has 0 fully saturated rings. The van der Waals surface area contributed by atoms with Gasteiger partial charge in [0.1, 0.15) is 5.75 Å². The van der Waals surface area contributed by atoms with E-state index >= 15 is 0 Å². The molecule has 140 valence electrons. The van der Waals surface area contributed by atoms with Crippen LogP contribution in [0.4, 0.5) is 0 Å². The highest BCUT2D eigenvalue weighted by molar-refractivity contribution is 7.07. The summed E-state index contributed by atoms with van der Waals surface area (Å²) in [6.45, 7) is 4.01. The number of benzene rings is 2. The monoisotopic (exact) mass is 388 g/mol. The second-order valence-corrected chi connectivity index (χ2v) is 8.52. The van der Waals surface area contributed by atoms with Crippen molar-refractivity contribution in [1.82, 2.24) is 4.57 Å². The molecule has 2 aromatic carbocycles. The Balaban J connectivity index is 1.66. The van der Waals surface area contributed by atoms with Crippen molar-refractivity contribution in [3.8, 4) is 5.75 Å². The molecule has 0 aliphatic carbocycles. The third-order valence-electron chi connectivity index (χ3n) is 5.21. The van der Waals surface area contributed by atoms with Gasteiger partial charge in [0.15, 0.2) is 4.80 Å². The van der Waals surface area contributed by atoms with Crippen LogP contribution in [0.3, 0.4) is 0 Å². The van der Waals surface area contributed by atoms with Crippen molar-refractivity contribution in [3.63, 3.8) is 0 Å². The van der Waals surface area contributed by atoms with Gasteiger partial charge in [0.05, 0.1) is 10.6 Å². The predicted molar refractivity (Wildman–Crippen MR) is 112 cm³/mol. The molecule has 28 heavy (non-hydrogen) atoms. The summed E-state index contributed by atoms with van der Waals surface area (Å²) in [5, 5.41) is 0. The maximum Gasteiger partial charge on any atom is 0.270 e. The standard InChI is InChI=1S/C23H20N2O2S/c1-15(12-16-8-4-3-5-9-16)13-20-21(26)25-18-14-23(2,24-22(25)28-20)27-19-11-7-6-10-17(18)19/h3-13,18H,14H2,1-2H3/b15-12+,20-13-. The van der Waals surface area contributed by atoms with Crippen LogP contribution in [0.5, 0.6) is 5.75 Å². The number of allylic oxidation sites excluding steroid dienone is 1. The molecule has 2 atom stereocenters. The van der Waals surface area contributed by atoms with Crippen molar-refractivity contribution in [2.24, 2.45) is 4.99 Å². The lowest BCUT2D eigenvalue weighted by Crippen LogP contribution is -2.49. The molecule has 0 saturated heterocycles. The highest BCUT2D eigenvalue weighted by atomic mass is 32.1. The van der Waals surface area contributed by atoms with Crippen molar-refractivity contribution < 1.29 is 4.74 Å². The Labute approximate surface area is 166 Å². The molecule has 2 aliphatic rings. The van der Waals surface area contributed by atoms with Crippen LogP contribution in [0.25, 0.3) is 12.2 Å². The van der Waals surface area contributed by atoms with Gasteiger partial charge in [0.2, 0.25) is 5.72 Å². The predicted octanol–water partition coefficient (Wildman–Crippen LogP) is 3.52. The summed E-state index contributed by atoms with van der Waals surface area (Å²) in [7, 11) is 0. The van der Waals surface area contributed by atoms with Gasteiger partial charge in [-0.1, -0.05) is 65.9 Å². The molecule has 4 nitrogen and oxygen atoms in total. The van der Waals surface area contributed by atoms with E-state index in [0.29, 0.717) is 11.0 Å². The summed E-state index contributed by atoms with van der Waals surface area (Å²) >= 11 is 1.44. The fraction of sp³-hybridized carbons (Fsp3) is 0.217. The van der Waals surface area contributed by atoms with Crippen molar-refractivity contribution in [1.29, 1.82) is 0 Å². The van der Waals surface area contributed by atoms with Gasteiger partial charge in [-0.05, 0) is 37.1 Å². The summed E-state index contributed by atoms with van der Waals surface area (Å²) in [6.07, 6.45) is 4.71. The first-order valence-electron chi connectivity index (χ1n) is 9.37. The Morgan fingerprint density at radius 2 is 1.96 bits per heavy atom. The number of ether oxygens (including phenoxy) is 1. The van der Waals surface area contributed by atoms with Crippen LogP contribution in [0.15, 0.2) is 70.0 Å². The largest absolute Gasteiger partial charge is 0.466 e. The zero-order valence-corrected chi connectivity index (χ0v) is 16.6. The van der Waals surface area contributed by atoms with Crippen molar-refractivity contribution in [2.75, 3.05) is 0 Å². The average Bonchev–Trinajstić information content (AvgIpc) is 2.96. The number of aromatic nitrogens is 1. The second-order valence-electron chi connectivity index (χ2n) is 7.51. The van der Waals surface area contributed by atoms with Crippen molar-refractivity contribution >= 4 is 23.5 Å². The van der Waals surface area contributed by atoms with Crippen LogP contribution < -0.4 is 19.6 Å². The smallest absolute Gasteiger partial charge is 0.270 e. The van der Waals surface area contributed by atoms with Gasteiger partial charge >= 0.3 is 0 Å². The highest BCUT2D eigenvalue weighted by Crippen LogP contribution is 2.42. The molecule has 5 rings (SSSR count). The first-order valence-corrected chi connectivity index (χ1v) is 10.2. The molecule has 3 heterocycles. The summed E-state index contributed by atoms with van der Waals surface area (Å²) in [4.78, 5) is 18.8. The van der Waals surface area contributed by atoms with Crippen LogP contribution >= 0.6 is 11.3 Å². The Morgan fingerprint density at radius 1 is 1.21 bits per heavy atom. The Hall–Kier alpha value is -2.92. The van der Waals surface area contributed by atoms with Crippen molar-refractivity contribution in [2.45, 2.75) is 32.0 Å². The lowest BCUT2D eigenvalue weighted by Gasteiger charge is -2.39. The topological polar surface area (TPSA) is 43.6 Å². The third kappa shape index (κ3) is 2.83. The van der Waals surface area contributed by atoms with E-state index in [4.69, 9.17) is 9.73 Å². The van der Waals surface area contributed by atoms with Gasteiger partial charge in [-0.25, -0.2) is 4.99 Å². The molecule has 5 heteroatoms. The molecule has 0 radical (unpaired) electrons. The number of rotatable bonds is 2. The zero-order chi connectivity index (χ0) is 19.3. The van der Waals surface area contributed by atoms with Crippen molar-refractivity contribution in [3.05, 3.63) is 91.0 Å². The molecular weight excluding hydrogens is 368 g/mol. The summed E-state index contributed by atoms with van der Waals surface area (Å²) in [6, 6.07) is 18.0. The maximum absolute atomic E-state index is 13.2. The van der Waals surface area contributed by atoms with E-state index < -0.39 is 5.72 Å². The lowest BCUT2D eigenvalue weighted by atomic mass is 9.93. The van der Waals surface area contributed by atoms with E-state index in [0.717, 1.165) is 27.3 Å². The number of para-hydroxylation sites is 1. The number of thiazole rings is 1. The van der Waals surface area contributed by atoms with E-state index in [-0.39, 0.29) is 11.6 Å². The molecule has 1 aromatic heterocycles. The fourth-order valence-electron chi connectivity index (χ4n) is 4.00. The van der Waals surface area contributed by atoms with Gasteiger partial charge in [-0.3, -0.25) is 9.36 Å². The normalized spacial score (nSPS) is 23.4. The quantitative estimate of drug-likeness (QED) is 0.674. The van der Waals surface area contributed by atoms with E-state index in [2.05, 4.69) is 18.2 Å². The fourth-order valence-corrected chi connectivity index (χ4v) is 5.17. The van der Waals surface area contributed by atoms with Gasteiger partial charge in [0, 0.05) is 12.0 Å². The summed E-state index contributed by atoms with van der Waals surface area (Å²) in [5.41, 5.74) is 2.61. The Kier molecular flexibility index (Phi) is 3.88. The molecule has 2 bridgehead atoms. The van der Waals surface area contributed by atoms with Crippen LogP contribution in [-0.2, 0) is 0 Å². The summed E-state index contributed by atoms with van der Waals surface area (Å²) in [5.74, 6) is 0.819. The summed E-state index contributed by atoms with van der Waals surface area (Å²) < 4.78 is 8.71. The van der Waals surface area contributed by atoms with Gasteiger partial charge < -0.3 is 4.74 Å². The second kappa shape index (κ2) is 6.31. The molecule has 2 aliphatic heterocycles. The highest BCUT2D eigenvalue weighted by Gasteiger charge is 2.42. The molecule has 2 unspecified atom stereocenters. The van der Waals surface area contributed by atoms with Crippen LogP contribution in [0, 0.1) is 0 Å². The van der Waals surface area contributed by atoms with E-state index in [9.17, 15) is 4.79 Å². The van der Waals surface area contributed by atoms with Gasteiger partial charge in [-0.2, -0.15) is 0 Å². The van der Waals surface area contributed by atoms with Crippen LogP contribution in [0.2, 0.25) is 0 Å². The molecule has 0 spiro atoms. The molecule has 0 saturated carbocycles. The SMILES string of the molecule is CC(/C=c1\sc2n(c1=O)C1CC(C)(N=2)Oc2ccccc21)=C\c1ccccc1. The number of hydrogen-bond acceptors (Lipinski definition) is 4.